The lowest BCUT2D eigenvalue weighted by Crippen LogP contribution is -2.22. The summed E-state index contributed by atoms with van der Waals surface area (Å²) < 4.78 is 56.5. The Balaban J connectivity index is 1.95. The largest absolute Gasteiger partial charge is 0.497 e. The van der Waals surface area contributed by atoms with Crippen LogP contribution in [0.1, 0.15) is 22.8 Å². The van der Waals surface area contributed by atoms with Gasteiger partial charge in [-0.1, -0.05) is 12.1 Å². The van der Waals surface area contributed by atoms with Crippen LogP contribution in [0, 0.1) is 5.82 Å². The first-order chi connectivity index (χ1) is 11.3. The summed E-state index contributed by atoms with van der Waals surface area (Å²) in [6.07, 6.45) is -5.39. The molecule has 130 valence electrons. The van der Waals surface area contributed by atoms with Gasteiger partial charge in [-0.15, -0.1) is 0 Å². The van der Waals surface area contributed by atoms with E-state index in [-0.39, 0.29) is 18.7 Å². The zero-order chi connectivity index (χ0) is 17.7. The number of aliphatic hydroxyl groups is 1. The minimum atomic E-state index is -4.52. The highest BCUT2D eigenvalue weighted by molar-refractivity contribution is 5.29. The Bertz CT molecular complexity index is 671. The zero-order valence-electron chi connectivity index (χ0n) is 12.9. The molecule has 0 aliphatic rings. The number of alkyl halides is 3. The van der Waals surface area contributed by atoms with Crippen molar-refractivity contribution < 1.29 is 27.4 Å². The maximum atomic E-state index is 13.6. The Kier molecular flexibility index (Phi) is 5.80. The van der Waals surface area contributed by atoms with Gasteiger partial charge in [-0.25, -0.2) is 4.39 Å². The normalized spacial score (nSPS) is 12.9. The monoisotopic (exact) mass is 343 g/mol. The topological polar surface area (TPSA) is 41.5 Å². The maximum absolute atomic E-state index is 13.6. The smallest absolute Gasteiger partial charge is 0.416 e. The molecule has 0 amide bonds. The van der Waals surface area contributed by atoms with Crippen LogP contribution in [0.5, 0.6) is 5.75 Å². The molecule has 0 saturated carbocycles. The summed E-state index contributed by atoms with van der Waals surface area (Å²) in [4.78, 5) is 0. The molecule has 0 heterocycles. The minimum Gasteiger partial charge on any atom is -0.497 e. The molecule has 0 aliphatic heterocycles. The van der Waals surface area contributed by atoms with Crippen molar-refractivity contribution in [1.29, 1.82) is 0 Å². The SMILES string of the molecule is COc1ccc(C(O)CNCc2cc(C(F)(F)F)ccc2F)cc1. The van der Waals surface area contributed by atoms with E-state index in [1.165, 1.54) is 7.11 Å². The molecule has 7 heteroatoms. The molecule has 24 heavy (non-hydrogen) atoms. The fraction of sp³-hybridized carbons (Fsp3) is 0.294. The molecule has 0 saturated heterocycles. The molecule has 2 aromatic carbocycles. The van der Waals surface area contributed by atoms with Crippen molar-refractivity contribution in [2.75, 3.05) is 13.7 Å². The van der Waals surface area contributed by atoms with Crippen molar-refractivity contribution in [2.24, 2.45) is 0 Å². The number of methoxy groups -OCH3 is 1. The third kappa shape index (κ3) is 4.69. The molecule has 1 atom stereocenters. The van der Waals surface area contributed by atoms with E-state index in [4.69, 9.17) is 4.74 Å². The van der Waals surface area contributed by atoms with Crippen LogP contribution < -0.4 is 10.1 Å². The lowest BCUT2D eigenvalue weighted by atomic mass is 10.1. The van der Waals surface area contributed by atoms with Crippen LogP contribution in [-0.4, -0.2) is 18.8 Å². The summed E-state index contributed by atoms with van der Waals surface area (Å²) in [5.74, 6) is -0.0839. The standard InChI is InChI=1S/C17H17F4NO2/c1-24-14-5-2-11(3-6-14)16(23)10-22-9-12-8-13(17(19,20)21)4-7-15(12)18/h2-8,16,22-23H,9-10H2,1H3. The number of nitrogens with one attached hydrogen (secondary N) is 1. The molecule has 0 aliphatic carbocycles. The number of rotatable bonds is 6. The van der Waals surface area contributed by atoms with E-state index in [1.807, 2.05) is 0 Å². The molecule has 1 unspecified atom stereocenters. The quantitative estimate of drug-likeness (QED) is 0.787. The van der Waals surface area contributed by atoms with Gasteiger partial charge in [0.1, 0.15) is 11.6 Å². The zero-order valence-corrected chi connectivity index (χ0v) is 12.9. The van der Waals surface area contributed by atoms with Gasteiger partial charge in [-0.05, 0) is 35.9 Å². The van der Waals surface area contributed by atoms with Gasteiger partial charge in [0.2, 0.25) is 0 Å². The number of halogens is 4. The molecular formula is C17H17F4NO2. The van der Waals surface area contributed by atoms with Crippen LogP contribution in [0.4, 0.5) is 17.6 Å². The van der Waals surface area contributed by atoms with Crippen LogP contribution in [0.2, 0.25) is 0 Å². The minimum absolute atomic E-state index is 0.0714. The van der Waals surface area contributed by atoms with E-state index in [1.54, 1.807) is 24.3 Å². The summed E-state index contributed by atoms with van der Waals surface area (Å²) in [5.41, 5.74) is -0.393. The Morgan fingerprint density at radius 1 is 1.12 bits per heavy atom. The average molecular weight is 343 g/mol. The second-order valence-corrected chi connectivity index (χ2v) is 5.22. The second-order valence-electron chi connectivity index (χ2n) is 5.22. The van der Waals surface area contributed by atoms with Crippen LogP contribution >= 0.6 is 0 Å². The molecule has 0 spiro atoms. The van der Waals surface area contributed by atoms with Crippen molar-refractivity contribution >= 4 is 0 Å². The summed E-state index contributed by atoms with van der Waals surface area (Å²) in [6.45, 7) is -0.0506. The van der Waals surface area contributed by atoms with E-state index >= 15 is 0 Å². The van der Waals surface area contributed by atoms with E-state index in [0.29, 0.717) is 17.4 Å². The molecule has 2 N–H and O–H groups in total. The fourth-order valence-corrected chi connectivity index (χ4v) is 2.17. The predicted octanol–water partition coefficient (Wildman–Crippen LogP) is 3.68. The number of hydrogen-bond acceptors (Lipinski definition) is 3. The van der Waals surface area contributed by atoms with Crippen molar-refractivity contribution in [3.63, 3.8) is 0 Å². The van der Waals surface area contributed by atoms with Crippen LogP contribution in [-0.2, 0) is 12.7 Å². The highest BCUT2D eigenvalue weighted by atomic mass is 19.4. The van der Waals surface area contributed by atoms with Crippen LogP contribution in [0.15, 0.2) is 42.5 Å². The molecule has 2 aromatic rings. The van der Waals surface area contributed by atoms with Gasteiger partial charge in [-0.3, -0.25) is 0 Å². The highest BCUT2D eigenvalue weighted by Gasteiger charge is 2.31. The van der Waals surface area contributed by atoms with Gasteiger partial charge >= 0.3 is 6.18 Å². The van der Waals surface area contributed by atoms with Gasteiger partial charge in [0, 0.05) is 18.7 Å². The van der Waals surface area contributed by atoms with Gasteiger partial charge in [0.15, 0.2) is 0 Å². The average Bonchev–Trinajstić information content (AvgIpc) is 2.55. The van der Waals surface area contributed by atoms with Gasteiger partial charge in [0.25, 0.3) is 0 Å². The molecule has 2 rings (SSSR count). The first-order valence-electron chi connectivity index (χ1n) is 7.19. The van der Waals surface area contributed by atoms with Crippen LogP contribution in [0.25, 0.3) is 0 Å². The first kappa shape index (κ1) is 18.2. The van der Waals surface area contributed by atoms with Crippen molar-refractivity contribution in [1.82, 2.24) is 5.32 Å². The summed E-state index contributed by atoms with van der Waals surface area (Å²) in [7, 11) is 1.52. The molecule has 0 fully saturated rings. The Morgan fingerprint density at radius 3 is 2.38 bits per heavy atom. The third-order valence-electron chi connectivity index (χ3n) is 3.53. The molecule has 0 radical (unpaired) electrons. The van der Waals surface area contributed by atoms with E-state index in [2.05, 4.69) is 5.32 Å². The second kappa shape index (κ2) is 7.63. The van der Waals surface area contributed by atoms with Gasteiger partial charge < -0.3 is 15.2 Å². The molecule has 0 aromatic heterocycles. The lowest BCUT2D eigenvalue weighted by molar-refractivity contribution is -0.137. The predicted molar refractivity (Wildman–Crippen MR) is 81.1 cm³/mol. The van der Waals surface area contributed by atoms with E-state index < -0.39 is 23.7 Å². The highest BCUT2D eigenvalue weighted by Crippen LogP contribution is 2.30. The van der Waals surface area contributed by atoms with E-state index in [0.717, 1.165) is 12.1 Å². The Morgan fingerprint density at radius 2 is 1.79 bits per heavy atom. The fourth-order valence-electron chi connectivity index (χ4n) is 2.17. The lowest BCUT2D eigenvalue weighted by Gasteiger charge is -2.14. The molecule has 0 bridgehead atoms. The van der Waals surface area contributed by atoms with Gasteiger partial charge in [0.05, 0.1) is 18.8 Å². The molecule has 3 nitrogen and oxygen atoms in total. The molecular weight excluding hydrogens is 326 g/mol. The van der Waals surface area contributed by atoms with Crippen molar-refractivity contribution in [3.8, 4) is 5.75 Å². The number of hydrogen-bond donors (Lipinski definition) is 2. The first-order valence-corrected chi connectivity index (χ1v) is 7.19. The maximum Gasteiger partial charge on any atom is 0.416 e. The summed E-state index contributed by atoms with van der Waals surface area (Å²) >= 11 is 0. The summed E-state index contributed by atoms with van der Waals surface area (Å²) in [6, 6.07) is 8.98. The third-order valence-corrected chi connectivity index (χ3v) is 3.53. The number of benzene rings is 2. The van der Waals surface area contributed by atoms with Crippen LogP contribution in [0.3, 0.4) is 0 Å². The Labute approximate surface area is 136 Å². The van der Waals surface area contributed by atoms with E-state index in [9.17, 15) is 22.7 Å². The summed E-state index contributed by atoms with van der Waals surface area (Å²) in [5, 5.41) is 12.8. The number of aliphatic hydroxyl groups excluding tert-OH is 1. The van der Waals surface area contributed by atoms with Crippen molar-refractivity contribution in [3.05, 3.63) is 65.0 Å². The van der Waals surface area contributed by atoms with Crippen molar-refractivity contribution in [2.45, 2.75) is 18.8 Å². The van der Waals surface area contributed by atoms with Gasteiger partial charge in [-0.2, -0.15) is 13.2 Å². The number of ether oxygens (including phenoxy) is 1. The Hall–Kier alpha value is -2.12.